The van der Waals surface area contributed by atoms with E-state index >= 15 is 0 Å². The fourth-order valence-corrected chi connectivity index (χ4v) is 3.60. The maximum Gasteiger partial charge on any atom is 0.137 e. The summed E-state index contributed by atoms with van der Waals surface area (Å²) in [5, 5.41) is 1.31. The molecule has 0 saturated carbocycles. The van der Waals surface area contributed by atoms with E-state index in [1.165, 1.54) is 0 Å². The fourth-order valence-electron chi connectivity index (χ4n) is 3.08. The van der Waals surface area contributed by atoms with Crippen LogP contribution < -0.4 is 4.90 Å². The zero-order chi connectivity index (χ0) is 12.0. The summed E-state index contributed by atoms with van der Waals surface area (Å²) in [6.07, 6.45) is 3.53. The predicted octanol–water partition coefficient (Wildman–Crippen LogP) is 3.69. The summed E-state index contributed by atoms with van der Waals surface area (Å²) in [6, 6.07) is 6.30. The molecule has 3 rings (SSSR count). The van der Waals surface area contributed by atoms with Gasteiger partial charge in [0.05, 0.1) is 0 Å². The zero-order valence-corrected chi connectivity index (χ0v) is 10.8. The van der Waals surface area contributed by atoms with Gasteiger partial charge >= 0.3 is 0 Å². The number of halogens is 2. The molecule has 2 heterocycles. The molecule has 2 atom stereocenters. The Morgan fingerprint density at radius 2 is 1.53 bits per heavy atom. The van der Waals surface area contributed by atoms with Crippen molar-refractivity contribution in [3.63, 3.8) is 0 Å². The molecule has 2 unspecified atom stereocenters. The lowest BCUT2D eigenvalue weighted by Gasteiger charge is -2.36. The molecule has 2 saturated heterocycles. The molecule has 17 heavy (non-hydrogen) atoms. The number of rotatable bonds is 1. The summed E-state index contributed by atoms with van der Waals surface area (Å²) in [7, 11) is 0. The predicted molar refractivity (Wildman–Crippen MR) is 70.0 cm³/mol. The number of ketones is 1. The summed E-state index contributed by atoms with van der Waals surface area (Å²) >= 11 is 12.1. The van der Waals surface area contributed by atoms with Crippen LogP contribution in [0.3, 0.4) is 0 Å². The molecule has 2 aliphatic heterocycles. The number of hydrogen-bond donors (Lipinski definition) is 0. The van der Waals surface area contributed by atoms with Crippen LogP contribution in [-0.2, 0) is 4.79 Å². The number of hydrogen-bond acceptors (Lipinski definition) is 2. The summed E-state index contributed by atoms with van der Waals surface area (Å²) in [6.45, 7) is 0. The standard InChI is InChI=1S/C13H13Cl2NO/c14-8-3-9(15)5-12(4-8)16-10-1-2-11(16)7-13(17)6-10/h3-5,10-11H,1-2,6-7H2. The number of piperidine rings is 1. The topological polar surface area (TPSA) is 20.3 Å². The molecule has 90 valence electrons. The number of carbonyl (C=O) groups excluding carboxylic acids is 1. The van der Waals surface area contributed by atoms with E-state index in [-0.39, 0.29) is 0 Å². The van der Waals surface area contributed by atoms with Gasteiger partial charge in [0.2, 0.25) is 0 Å². The van der Waals surface area contributed by atoms with Crippen LogP contribution in [0, 0.1) is 0 Å². The first-order valence-electron chi connectivity index (χ1n) is 5.89. The van der Waals surface area contributed by atoms with Gasteiger partial charge in [-0.25, -0.2) is 0 Å². The highest BCUT2D eigenvalue weighted by atomic mass is 35.5. The van der Waals surface area contributed by atoms with Gasteiger partial charge in [-0.3, -0.25) is 4.79 Å². The van der Waals surface area contributed by atoms with E-state index in [1.54, 1.807) is 6.07 Å². The molecule has 0 amide bonds. The van der Waals surface area contributed by atoms with Crippen molar-refractivity contribution in [2.24, 2.45) is 0 Å². The van der Waals surface area contributed by atoms with Crippen molar-refractivity contribution in [2.45, 2.75) is 37.8 Å². The third-order valence-electron chi connectivity index (χ3n) is 3.69. The second-order valence-corrected chi connectivity index (χ2v) is 5.74. The lowest BCUT2D eigenvalue weighted by atomic mass is 10.0. The lowest BCUT2D eigenvalue weighted by Crippen LogP contribution is -2.43. The minimum atomic E-state index is 0.343. The minimum absolute atomic E-state index is 0.343. The van der Waals surface area contributed by atoms with Crippen LogP contribution in [0.5, 0.6) is 0 Å². The number of Topliss-reactive ketones (excluding diaryl/α,β-unsaturated/α-hetero) is 1. The first-order chi connectivity index (χ1) is 8.13. The maximum absolute atomic E-state index is 11.6. The van der Waals surface area contributed by atoms with E-state index in [4.69, 9.17) is 23.2 Å². The smallest absolute Gasteiger partial charge is 0.137 e. The molecule has 2 aliphatic rings. The number of benzene rings is 1. The van der Waals surface area contributed by atoms with Gasteiger partial charge in [0.1, 0.15) is 5.78 Å². The Morgan fingerprint density at radius 1 is 1.00 bits per heavy atom. The molecule has 0 spiro atoms. The molecular formula is C13H13Cl2NO. The van der Waals surface area contributed by atoms with Crippen molar-refractivity contribution in [3.05, 3.63) is 28.2 Å². The van der Waals surface area contributed by atoms with Crippen LogP contribution >= 0.6 is 23.2 Å². The molecule has 0 aromatic heterocycles. The van der Waals surface area contributed by atoms with Gasteiger partial charge < -0.3 is 4.90 Å². The summed E-state index contributed by atoms with van der Waals surface area (Å²) in [4.78, 5) is 13.9. The second kappa shape index (κ2) is 4.18. The Balaban J connectivity index is 1.97. The largest absolute Gasteiger partial charge is 0.365 e. The van der Waals surface area contributed by atoms with Gasteiger partial charge in [-0.2, -0.15) is 0 Å². The Bertz CT molecular complexity index is 438. The first kappa shape index (κ1) is 11.4. The number of carbonyl (C=O) groups is 1. The van der Waals surface area contributed by atoms with E-state index in [9.17, 15) is 4.79 Å². The quantitative estimate of drug-likeness (QED) is 0.775. The fraction of sp³-hybridized carbons (Fsp3) is 0.462. The Morgan fingerprint density at radius 3 is 2.06 bits per heavy atom. The van der Waals surface area contributed by atoms with E-state index in [0.717, 1.165) is 18.5 Å². The van der Waals surface area contributed by atoms with Crippen LogP contribution in [0.2, 0.25) is 10.0 Å². The van der Waals surface area contributed by atoms with E-state index in [2.05, 4.69) is 4.90 Å². The highest BCUT2D eigenvalue weighted by Crippen LogP contribution is 2.39. The van der Waals surface area contributed by atoms with E-state index < -0.39 is 0 Å². The first-order valence-corrected chi connectivity index (χ1v) is 6.65. The molecular weight excluding hydrogens is 257 g/mol. The van der Waals surface area contributed by atoms with Crippen molar-refractivity contribution in [3.8, 4) is 0 Å². The average Bonchev–Trinajstić information content (AvgIpc) is 2.50. The van der Waals surface area contributed by atoms with Crippen LogP contribution in [-0.4, -0.2) is 17.9 Å². The summed E-state index contributed by atoms with van der Waals surface area (Å²) < 4.78 is 0. The average molecular weight is 270 g/mol. The van der Waals surface area contributed by atoms with Gasteiger partial charge in [-0.05, 0) is 31.0 Å². The number of nitrogens with zero attached hydrogens (tertiary/aromatic N) is 1. The van der Waals surface area contributed by atoms with Crippen molar-refractivity contribution >= 4 is 34.7 Å². The SMILES string of the molecule is O=C1CC2CCC(C1)N2c1cc(Cl)cc(Cl)c1. The third-order valence-corrected chi connectivity index (χ3v) is 4.13. The zero-order valence-electron chi connectivity index (χ0n) is 9.33. The molecule has 0 radical (unpaired) electrons. The molecule has 2 nitrogen and oxygen atoms in total. The van der Waals surface area contributed by atoms with Gasteiger partial charge in [0.25, 0.3) is 0 Å². The summed E-state index contributed by atoms with van der Waals surface area (Å²) in [5.74, 6) is 0.391. The van der Waals surface area contributed by atoms with Crippen molar-refractivity contribution in [1.29, 1.82) is 0 Å². The Kier molecular flexibility index (Phi) is 2.80. The third kappa shape index (κ3) is 2.04. The monoisotopic (exact) mass is 269 g/mol. The second-order valence-electron chi connectivity index (χ2n) is 4.87. The highest BCUT2D eigenvalue weighted by molar-refractivity contribution is 6.35. The van der Waals surface area contributed by atoms with E-state index in [0.29, 0.717) is 40.8 Å². The van der Waals surface area contributed by atoms with Crippen molar-refractivity contribution < 1.29 is 4.79 Å². The molecule has 1 aromatic rings. The van der Waals surface area contributed by atoms with Crippen LogP contribution in [0.4, 0.5) is 5.69 Å². The molecule has 2 fully saturated rings. The summed E-state index contributed by atoms with van der Waals surface area (Å²) in [5.41, 5.74) is 1.06. The van der Waals surface area contributed by atoms with Gasteiger partial charge in [-0.1, -0.05) is 23.2 Å². The number of fused-ring (bicyclic) bond motifs is 2. The van der Waals surface area contributed by atoms with Crippen LogP contribution in [0.15, 0.2) is 18.2 Å². The van der Waals surface area contributed by atoms with Crippen molar-refractivity contribution in [2.75, 3.05) is 4.90 Å². The molecule has 2 bridgehead atoms. The van der Waals surface area contributed by atoms with Crippen LogP contribution in [0.25, 0.3) is 0 Å². The van der Waals surface area contributed by atoms with Gasteiger partial charge in [0.15, 0.2) is 0 Å². The minimum Gasteiger partial charge on any atom is -0.365 e. The Hall–Kier alpha value is -0.730. The molecule has 4 heteroatoms. The molecule has 1 aromatic carbocycles. The molecule has 0 N–H and O–H groups in total. The highest BCUT2D eigenvalue weighted by Gasteiger charge is 2.40. The van der Waals surface area contributed by atoms with Gasteiger partial charge in [0, 0.05) is 40.7 Å². The van der Waals surface area contributed by atoms with Gasteiger partial charge in [-0.15, -0.1) is 0 Å². The normalized spacial score (nSPS) is 27.6. The van der Waals surface area contributed by atoms with E-state index in [1.807, 2.05) is 12.1 Å². The van der Waals surface area contributed by atoms with Crippen LogP contribution in [0.1, 0.15) is 25.7 Å². The lowest BCUT2D eigenvalue weighted by molar-refractivity contribution is -0.120. The number of anilines is 1. The van der Waals surface area contributed by atoms with Crippen molar-refractivity contribution in [1.82, 2.24) is 0 Å². The maximum atomic E-state index is 11.6. The Labute approximate surface area is 111 Å². The molecule has 0 aliphatic carbocycles.